The molecule has 1 aromatic heterocycles. The van der Waals surface area contributed by atoms with Crippen molar-refractivity contribution in [3.05, 3.63) is 59.9 Å². The molecule has 7 heteroatoms. The van der Waals surface area contributed by atoms with E-state index in [1.54, 1.807) is 42.7 Å². The van der Waals surface area contributed by atoms with Crippen LogP contribution in [0, 0.1) is 0 Å². The minimum Gasteiger partial charge on any atom is -0.465 e. The fourth-order valence-corrected chi connectivity index (χ4v) is 2.39. The van der Waals surface area contributed by atoms with E-state index in [0.29, 0.717) is 17.8 Å². The summed E-state index contributed by atoms with van der Waals surface area (Å²) in [6, 6.07) is 10.2. The molecule has 1 N–H and O–H groups in total. The van der Waals surface area contributed by atoms with Crippen LogP contribution >= 0.6 is 0 Å². The number of carbonyl (C=O) groups is 3. The summed E-state index contributed by atoms with van der Waals surface area (Å²) in [5.41, 5.74) is 1.78. The lowest BCUT2D eigenvalue weighted by Crippen LogP contribution is -2.33. The van der Waals surface area contributed by atoms with Crippen molar-refractivity contribution in [3.8, 4) is 0 Å². The molecule has 0 unspecified atom stereocenters. The van der Waals surface area contributed by atoms with Crippen LogP contribution in [0.15, 0.2) is 48.8 Å². The van der Waals surface area contributed by atoms with E-state index < -0.39 is 5.97 Å². The number of ether oxygens (including phenoxy) is 1. The van der Waals surface area contributed by atoms with Gasteiger partial charge in [0.2, 0.25) is 11.8 Å². The maximum absolute atomic E-state index is 12.1. The molecule has 1 aromatic carbocycles. The van der Waals surface area contributed by atoms with E-state index in [0.717, 1.165) is 5.56 Å². The van der Waals surface area contributed by atoms with Gasteiger partial charge in [-0.1, -0.05) is 12.1 Å². The van der Waals surface area contributed by atoms with Gasteiger partial charge in [0.1, 0.15) is 0 Å². The SMILES string of the molecule is COC(=O)c1cccc(N(CCC(=O)NCc2cccnc2)C(C)=O)c1. The zero-order valence-electron chi connectivity index (χ0n) is 14.8. The number of anilines is 1. The van der Waals surface area contributed by atoms with Crippen molar-refractivity contribution >= 4 is 23.5 Å². The third kappa shape index (κ3) is 5.41. The number of carbonyl (C=O) groups excluding carboxylic acids is 3. The predicted molar refractivity (Wildman–Crippen MR) is 96.5 cm³/mol. The third-order valence-corrected chi connectivity index (χ3v) is 3.73. The highest BCUT2D eigenvalue weighted by Gasteiger charge is 2.15. The van der Waals surface area contributed by atoms with Crippen LogP contribution in [0.5, 0.6) is 0 Å². The van der Waals surface area contributed by atoms with Gasteiger partial charge in [0.15, 0.2) is 0 Å². The summed E-state index contributed by atoms with van der Waals surface area (Å²) in [5, 5.41) is 2.79. The monoisotopic (exact) mass is 355 g/mol. The Hall–Kier alpha value is -3.22. The quantitative estimate of drug-likeness (QED) is 0.767. The van der Waals surface area contributed by atoms with Crippen LogP contribution in [0.25, 0.3) is 0 Å². The summed E-state index contributed by atoms with van der Waals surface area (Å²) in [4.78, 5) is 41.1. The van der Waals surface area contributed by atoms with Gasteiger partial charge in [-0.25, -0.2) is 4.79 Å². The Morgan fingerprint density at radius 3 is 2.65 bits per heavy atom. The number of esters is 1. The van der Waals surface area contributed by atoms with Crippen molar-refractivity contribution in [3.63, 3.8) is 0 Å². The van der Waals surface area contributed by atoms with Crippen molar-refractivity contribution in [2.45, 2.75) is 19.9 Å². The van der Waals surface area contributed by atoms with E-state index >= 15 is 0 Å². The van der Waals surface area contributed by atoms with Crippen molar-refractivity contribution in [1.29, 1.82) is 0 Å². The van der Waals surface area contributed by atoms with Gasteiger partial charge < -0.3 is 15.0 Å². The first kappa shape index (κ1) is 19.1. The number of pyridine rings is 1. The number of aromatic nitrogens is 1. The number of methoxy groups -OCH3 is 1. The minimum atomic E-state index is -0.482. The van der Waals surface area contributed by atoms with Crippen molar-refractivity contribution in [2.75, 3.05) is 18.6 Å². The highest BCUT2D eigenvalue weighted by molar-refractivity contribution is 5.95. The van der Waals surface area contributed by atoms with Crippen LogP contribution in [0.1, 0.15) is 29.3 Å². The van der Waals surface area contributed by atoms with Gasteiger partial charge in [0.25, 0.3) is 0 Å². The first-order valence-corrected chi connectivity index (χ1v) is 8.13. The largest absolute Gasteiger partial charge is 0.465 e. The summed E-state index contributed by atoms with van der Waals surface area (Å²) in [7, 11) is 1.30. The summed E-state index contributed by atoms with van der Waals surface area (Å²) in [6.45, 7) is 2.00. The second-order valence-corrected chi connectivity index (χ2v) is 5.60. The molecule has 136 valence electrons. The minimum absolute atomic E-state index is 0.141. The molecule has 0 radical (unpaired) electrons. The number of hydrogen-bond acceptors (Lipinski definition) is 5. The first-order chi connectivity index (χ1) is 12.5. The maximum Gasteiger partial charge on any atom is 0.337 e. The molecule has 26 heavy (non-hydrogen) atoms. The molecule has 0 aliphatic carbocycles. The number of nitrogens with zero attached hydrogens (tertiary/aromatic N) is 2. The Labute approximate surface area is 152 Å². The number of benzene rings is 1. The van der Waals surface area contributed by atoms with E-state index in [9.17, 15) is 14.4 Å². The Bertz CT molecular complexity index is 777. The van der Waals surface area contributed by atoms with Gasteiger partial charge in [-0.05, 0) is 29.8 Å². The average Bonchev–Trinajstić information content (AvgIpc) is 2.66. The molecular weight excluding hydrogens is 334 g/mol. The van der Waals surface area contributed by atoms with E-state index in [2.05, 4.69) is 10.3 Å². The molecule has 0 atom stereocenters. The number of hydrogen-bond donors (Lipinski definition) is 1. The molecule has 2 aromatic rings. The lowest BCUT2D eigenvalue weighted by Gasteiger charge is -2.21. The Morgan fingerprint density at radius 2 is 2.00 bits per heavy atom. The standard InChI is InChI=1S/C19H21N3O4/c1-14(23)22(17-7-3-6-16(11-17)19(25)26-2)10-8-18(24)21-13-15-5-4-9-20-12-15/h3-7,9,11-12H,8,10,13H2,1-2H3,(H,21,24). The van der Waals surface area contributed by atoms with Gasteiger partial charge in [0.05, 0.1) is 12.7 Å². The van der Waals surface area contributed by atoms with E-state index in [1.807, 2.05) is 6.07 Å². The first-order valence-electron chi connectivity index (χ1n) is 8.13. The summed E-state index contributed by atoms with van der Waals surface area (Å²) >= 11 is 0. The van der Waals surface area contributed by atoms with Gasteiger partial charge in [0, 0.05) is 44.5 Å². The number of amides is 2. The van der Waals surface area contributed by atoms with Crippen LogP contribution in [-0.4, -0.2) is 36.4 Å². The lowest BCUT2D eigenvalue weighted by atomic mass is 10.1. The van der Waals surface area contributed by atoms with Crippen LogP contribution in [0.4, 0.5) is 5.69 Å². The zero-order chi connectivity index (χ0) is 18.9. The number of nitrogens with one attached hydrogen (secondary N) is 1. The van der Waals surface area contributed by atoms with E-state index in [-0.39, 0.29) is 24.8 Å². The molecule has 0 saturated heterocycles. The van der Waals surface area contributed by atoms with Gasteiger partial charge in [-0.2, -0.15) is 0 Å². The molecule has 0 saturated carbocycles. The molecule has 1 heterocycles. The molecule has 0 spiro atoms. The molecular formula is C19H21N3O4. The Balaban J connectivity index is 1.97. The van der Waals surface area contributed by atoms with Crippen LogP contribution in [0.3, 0.4) is 0 Å². The fourth-order valence-electron chi connectivity index (χ4n) is 2.39. The van der Waals surface area contributed by atoms with Gasteiger partial charge in [-0.3, -0.25) is 14.6 Å². The molecule has 2 rings (SSSR count). The Kier molecular flexibility index (Phi) is 6.84. The van der Waals surface area contributed by atoms with Crippen molar-refractivity contribution in [1.82, 2.24) is 10.3 Å². The highest BCUT2D eigenvalue weighted by atomic mass is 16.5. The van der Waals surface area contributed by atoms with Crippen LogP contribution in [-0.2, 0) is 20.9 Å². The average molecular weight is 355 g/mol. The molecule has 0 fully saturated rings. The van der Waals surface area contributed by atoms with E-state index in [4.69, 9.17) is 4.74 Å². The fraction of sp³-hybridized carbons (Fsp3) is 0.263. The summed E-state index contributed by atoms with van der Waals surface area (Å²) < 4.78 is 4.69. The van der Waals surface area contributed by atoms with Crippen molar-refractivity contribution < 1.29 is 19.1 Å². The topological polar surface area (TPSA) is 88.6 Å². The maximum atomic E-state index is 12.1. The van der Waals surface area contributed by atoms with Crippen molar-refractivity contribution in [2.24, 2.45) is 0 Å². The zero-order valence-corrected chi connectivity index (χ0v) is 14.8. The smallest absolute Gasteiger partial charge is 0.337 e. The Morgan fingerprint density at radius 1 is 1.19 bits per heavy atom. The molecule has 0 bridgehead atoms. The summed E-state index contributed by atoms with van der Waals surface area (Å²) in [5.74, 6) is -0.874. The molecule has 0 aliphatic rings. The molecule has 2 amide bonds. The second-order valence-electron chi connectivity index (χ2n) is 5.60. The summed E-state index contributed by atoms with van der Waals surface area (Å²) in [6.07, 6.45) is 3.49. The normalized spacial score (nSPS) is 10.1. The highest BCUT2D eigenvalue weighted by Crippen LogP contribution is 2.17. The molecule has 0 aliphatic heterocycles. The van der Waals surface area contributed by atoms with Crippen LogP contribution < -0.4 is 10.2 Å². The number of rotatable bonds is 7. The van der Waals surface area contributed by atoms with Gasteiger partial charge >= 0.3 is 5.97 Å². The lowest BCUT2D eigenvalue weighted by molar-refractivity contribution is -0.121. The van der Waals surface area contributed by atoms with Crippen LogP contribution in [0.2, 0.25) is 0 Å². The predicted octanol–water partition coefficient (Wildman–Crippen LogP) is 1.93. The molecule has 7 nitrogen and oxygen atoms in total. The second kappa shape index (κ2) is 9.31. The van der Waals surface area contributed by atoms with Gasteiger partial charge in [-0.15, -0.1) is 0 Å². The van der Waals surface area contributed by atoms with E-state index in [1.165, 1.54) is 18.9 Å². The third-order valence-electron chi connectivity index (χ3n) is 3.73.